The van der Waals surface area contributed by atoms with Crippen molar-refractivity contribution in [3.63, 3.8) is 0 Å². The Morgan fingerprint density at radius 3 is 1.17 bits per heavy atom. The van der Waals surface area contributed by atoms with Crippen molar-refractivity contribution >= 4 is 8.60 Å². The maximum atomic E-state index is 8.58. The minimum atomic E-state index is -2.14. The summed E-state index contributed by atoms with van der Waals surface area (Å²) in [5.41, 5.74) is 0. The van der Waals surface area contributed by atoms with Crippen LogP contribution in [0.5, 0.6) is 0 Å². The zero-order chi connectivity index (χ0) is 18.3. The summed E-state index contributed by atoms with van der Waals surface area (Å²) in [6, 6.07) is 0. The van der Waals surface area contributed by atoms with E-state index in [2.05, 4.69) is 20.1 Å². The minimum Gasteiger partial charge on any atom is -0.328 e. The monoisotopic (exact) mass is 362 g/mol. The molecule has 0 amide bonds. The van der Waals surface area contributed by atoms with Crippen LogP contribution in [0.2, 0.25) is 0 Å². The molecule has 0 saturated heterocycles. The average molecular weight is 363 g/mol. The first-order valence-corrected chi connectivity index (χ1v) is 11.2. The number of hydrogen-bond acceptors (Lipinski definition) is 3. The minimum absolute atomic E-state index is 0.483. The zero-order valence-corrected chi connectivity index (χ0v) is 17.1. The second kappa shape index (κ2) is 25.3. The Hall–Kier alpha value is 0.0500. The van der Waals surface area contributed by atoms with E-state index in [-0.39, 0.29) is 0 Å². The Bertz CT molecular complexity index is 213. The Morgan fingerprint density at radius 2 is 0.875 bits per heavy atom. The van der Waals surface area contributed by atoms with Crippen LogP contribution >= 0.6 is 8.60 Å². The third-order valence-electron chi connectivity index (χ3n) is 4.20. The van der Waals surface area contributed by atoms with E-state index in [1.165, 1.54) is 89.9 Å². The predicted octanol–water partition coefficient (Wildman–Crippen LogP) is 7.28. The molecule has 0 aromatic carbocycles. The lowest BCUT2D eigenvalue weighted by molar-refractivity contribution is 0.248. The molecule has 146 valence electrons. The maximum Gasteiger partial charge on any atom is 0.327 e. The van der Waals surface area contributed by atoms with E-state index in [0.717, 1.165) is 12.8 Å². The van der Waals surface area contributed by atoms with Gasteiger partial charge in [0.2, 0.25) is 0 Å². The van der Waals surface area contributed by atoms with Gasteiger partial charge in [-0.15, -0.1) is 13.2 Å². The highest BCUT2D eigenvalue weighted by molar-refractivity contribution is 7.39. The third kappa shape index (κ3) is 26.9. The summed E-state index contributed by atoms with van der Waals surface area (Å²) < 4.78 is 4.74. The largest absolute Gasteiger partial charge is 0.328 e. The van der Waals surface area contributed by atoms with Crippen LogP contribution < -0.4 is 0 Å². The molecule has 0 aliphatic rings. The lowest BCUT2D eigenvalue weighted by Gasteiger charge is -2.04. The van der Waals surface area contributed by atoms with Gasteiger partial charge in [0.15, 0.2) is 0 Å². The molecule has 0 radical (unpaired) electrons. The topological polar surface area (TPSA) is 49.7 Å². The van der Waals surface area contributed by atoms with Gasteiger partial charge in [-0.25, -0.2) is 0 Å². The fraction of sp³-hybridized carbons (Fsp3) is 0.900. The van der Waals surface area contributed by atoms with E-state index < -0.39 is 8.60 Å². The Balaban J connectivity index is 0. The molecule has 0 fully saturated rings. The quantitative estimate of drug-likeness (QED) is 0.153. The van der Waals surface area contributed by atoms with Crippen molar-refractivity contribution in [1.82, 2.24) is 0 Å². The fourth-order valence-electron chi connectivity index (χ4n) is 2.80. The maximum absolute atomic E-state index is 8.58. The summed E-state index contributed by atoms with van der Waals surface area (Å²) in [5.74, 6) is 0. The standard InChI is InChI=1S/C18H39O3P.C2H4/c1-2-3-4-5-6-7-8-9-10-11-12-13-14-15-16-17-18-21-22(19)20;1-2/h19-20H,2-18H2,1H3;1-2H2. The van der Waals surface area contributed by atoms with Gasteiger partial charge in [0.1, 0.15) is 0 Å². The van der Waals surface area contributed by atoms with Crippen molar-refractivity contribution in [3.8, 4) is 0 Å². The van der Waals surface area contributed by atoms with Gasteiger partial charge >= 0.3 is 8.60 Å². The van der Waals surface area contributed by atoms with Crippen molar-refractivity contribution in [2.75, 3.05) is 6.61 Å². The van der Waals surface area contributed by atoms with E-state index >= 15 is 0 Å². The van der Waals surface area contributed by atoms with Gasteiger partial charge in [-0.2, -0.15) is 0 Å². The number of unbranched alkanes of at least 4 members (excludes halogenated alkanes) is 15. The van der Waals surface area contributed by atoms with Gasteiger partial charge in [-0.05, 0) is 6.42 Å². The second-order valence-corrected chi connectivity index (χ2v) is 7.15. The molecule has 2 N–H and O–H groups in total. The van der Waals surface area contributed by atoms with Crippen LogP contribution in [0.3, 0.4) is 0 Å². The molecule has 0 aromatic heterocycles. The molecular formula is C20H43O3P. The number of hydrogen-bond donors (Lipinski definition) is 2. The molecule has 4 heteroatoms. The van der Waals surface area contributed by atoms with Gasteiger partial charge < -0.3 is 14.3 Å². The van der Waals surface area contributed by atoms with Gasteiger partial charge in [0.25, 0.3) is 0 Å². The first-order chi connectivity index (χ1) is 11.8. The summed E-state index contributed by atoms with van der Waals surface area (Å²) in [6.07, 6.45) is 21.6. The lowest BCUT2D eigenvalue weighted by atomic mass is 10.0. The normalized spacial score (nSPS) is 10.7. The van der Waals surface area contributed by atoms with Gasteiger partial charge in [-0.1, -0.05) is 103 Å². The first-order valence-electron chi connectivity index (χ1n) is 10.1. The summed E-state index contributed by atoms with van der Waals surface area (Å²) >= 11 is 0. The van der Waals surface area contributed by atoms with E-state index in [1.54, 1.807) is 0 Å². The van der Waals surface area contributed by atoms with Crippen molar-refractivity contribution in [1.29, 1.82) is 0 Å². The second-order valence-electron chi connectivity index (χ2n) is 6.39. The Morgan fingerprint density at radius 1 is 0.583 bits per heavy atom. The van der Waals surface area contributed by atoms with Gasteiger partial charge in [-0.3, -0.25) is 0 Å². The van der Waals surface area contributed by atoms with Crippen LogP contribution in [0.25, 0.3) is 0 Å². The first kappa shape index (κ1) is 26.3. The van der Waals surface area contributed by atoms with Crippen LogP contribution in [0.1, 0.15) is 110 Å². The van der Waals surface area contributed by atoms with Crippen LogP contribution in [0.4, 0.5) is 0 Å². The zero-order valence-electron chi connectivity index (χ0n) is 16.2. The third-order valence-corrected chi connectivity index (χ3v) is 4.62. The van der Waals surface area contributed by atoms with Crippen molar-refractivity contribution in [2.45, 2.75) is 110 Å². The smallest absolute Gasteiger partial charge is 0.327 e. The highest BCUT2D eigenvalue weighted by Gasteiger charge is 1.98. The molecule has 0 aliphatic heterocycles. The SMILES string of the molecule is C=C.CCCCCCCCCCCCCCCCCCOP(O)O. The Labute approximate surface area is 152 Å². The van der Waals surface area contributed by atoms with Crippen molar-refractivity contribution in [3.05, 3.63) is 13.2 Å². The van der Waals surface area contributed by atoms with E-state index in [4.69, 9.17) is 14.3 Å². The van der Waals surface area contributed by atoms with Gasteiger partial charge in [0, 0.05) is 0 Å². The molecule has 0 heterocycles. The van der Waals surface area contributed by atoms with Crippen molar-refractivity contribution < 1.29 is 14.3 Å². The predicted molar refractivity (Wildman–Crippen MR) is 108 cm³/mol. The summed E-state index contributed by atoms with van der Waals surface area (Å²) in [7, 11) is -2.14. The molecule has 0 aliphatic carbocycles. The van der Waals surface area contributed by atoms with E-state index in [0.29, 0.717) is 6.61 Å². The molecule has 24 heavy (non-hydrogen) atoms. The molecule has 0 atom stereocenters. The van der Waals surface area contributed by atoms with Crippen LogP contribution in [0, 0.1) is 0 Å². The Kier molecular flexibility index (Phi) is 27.7. The molecule has 0 aromatic rings. The van der Waals surface area contributed by atoms with Crippen molar-refractivity contribution in [2.24, 2.45) is 0 Å². The highest BCUT2D eigenvalue weighted by atomic mass is 31.2. The van der Waals surface area contributed by atoms with Crippen LogP contribution in [-0.4, -0.2) is 16.4 Å². The van der Waals surface area contributed by atoms with Crippen LogP contribution in [-0.2, 0) is 4.52 Å². The van der Waals surface area contributed by atoms with E-state index in [9.17, 15) is 0 Å². The van der Waals surface area contributed by atoms with E-state index in [1.807, 2.05) is 0 Å². The molecule has 0 spiro atoms. The molecular weight excluding hydrogens is 319 g/mol. The summed E-state index contributed by atoms with van der Waals surface area (Å²) in [6.45, 7) is 8.76. The molecule has 0 saturated carbocycles. The summed E-state index contributed by atoms with van der Waals surface area (Å²) in [4.78, 5) is 17.2. The molecule has 0 rings (SSSR count). The molecule has 0 bridgehead atoms. The lowest BCUT2D eigenvalue weighted by Crippen LogP contribution is -1.89. The molecule has 0 unspecified atom stereocenters. The fourth-order valence-corrected chi connectivity index (χ4v) is 3.09. The van der Waals surface area contributed by atoms with Crippen LogP contribution in [0.15, 0.2) is 13.2 Å². The summed E-state index contributed by atoms with van der Waals surface area (Å²) in [5, 5.41) is 0. The highest BCUT2D eigenvalue weighted by Crippen LogP contribution is 2.24. The number of rotatable bonds is 18. The molecule has 3 nitrogen and oxygen atoms in total. The average Bonchev–Trinajstić information content (AvgIpc) is 2.59. The van der Waals surface area contributed by atoms with Gasteiger partial charge in [0.05, 0.1) is 6.61 Å².